The molecule has 0 radical (unpaired) electrons. The highest BCUT2D eigenvalue weighted by Crippen LogP contribution is 2.26. The SMILES string of the molecule is CCC(C)(C)n1[nH]cc2nc3nccc3cc21. The molecule has 3 aromatic heterocycles. The lowest BCUT2D eigenvalue weighted by molar-refractivity contribution is 0.319. The van der Waals surface area contributed by atoms with Gasteiger partial charge in [-0.1, -0.05) is 6.92 Å². The minimum atomic E-state index is 0.0666. The Hall–Kier alpha value is -1.84. The van der Waals surface area contributed by atoms with Crippen LogP contribution in [0.4, 0.5) is 0 Å². The van der Waals surface area contributed by atoms with Gasteiger partial charge >= 0.3 is 0 Å². The molecule has 88 valence electrons. The highest BCUT2D eigenvalue weighted by atomic mass is 15.3. The molecule has 0 saturated carbocycles. The zero-order valence-electron chi connectivity index (χ0n) is 10.4. The van der Waals surface area contributed by atoms with Crippen molar-refractivity contribution >= 4 is 22.1 Å². The van der Waals surface area contributed by atoms with Crippen LogP contribution in [0.3, 0.4) is 0 Å². The molecule has 0 atom stereocenters. The van der Waals surface area contributed by atoms with Crippen molar-refractivity contribution in [1.82, 2.24) is 19.7 Å². The van der Waals surface area contributed by atoms with Gasteiger partial charge in [0.25, 0.3) is 0 Å². The molecule has 0 unspecified atom stereocenters. The van der Waals surface area contributed by atoms with E-state index in [1.807, 2.05) is 12.3 Å². The first-order chi connectivity index (χ1) is 8.12. The monoisotopic (exact) mass is 228 g/mol. The second-order valence-electron chi connectivity index (χ2n) is 5.03. The smallest absolute Gasteiger partial charge is 0.160 e. The standard InChI is InChI=1S/C13H16N4/c1-4-13(2,3)17-11-7-9-5-6-14-12(9)16-10(11)8-15-17/h5-8,15H,4H2,1-3H3. The first-order valence-corrected chi connectivity index (χ1v) is 5.94. The lowest BCUT2D eigenvalue weighted by atomic mass is 10.0. The topological polar surface area (TPSA) is 46.5 Å². The maximum atomic E-state index is 4.54. The molecule has 0 aliphatic carbocycles. The third-order valence-corrected chi connectivity index (χ3v) is 3.53. The van der Waals surface area contributed by atoms with Crippen LogP contribution in [0, 0.1) is 0 Å². The molecule has 3 aromatic rings. The minimum absolute atomic E-state index is 0.0666. The second-order valence-corrected chi connectivity index (χ2v) is 5.03. The first-order valence-electron chi connectivity index (χ1n) is 5.94. The fourth-order valence-electron chi connectivity index (χ4n) is 2.08. The van der Waals surface area contributed by atoms with Crippen molar-refractivity contribution in [3.8, 4) is 0 Å². The predicted molar refractivity (Wildman–Crippen MR) is 69.0 cm³/mol. The van der Waals surface area contributed by atoms with Gasteiger partial charge in [0.2, 0.25) is 0 Å². The fourth-order valence-corrected chi connectivity index (χ4v) is 2.08. The summed E-state index contributed by atoms with van der Waals surface area (Å²) < 4.78 is 2.18. The molecule has 0 bridgehead atoms. The van der Waals surface area contributed by atoms with Crippen LogP contribution in [-0.4, -0.2) is 19.7 Å². The van der Waals surface area contributed by atoms with Gasteiger partial charge in [-0.15, -0.1) is 0 Å². The highest BCUT2D eigenvalue weighted by Gasteiger charge is 2.20. The first kappa shape index (κ1) is 10.3. The average Bonchev–Trinajstić information content (AvgIpc) is 2.90. The van der Waals surface area contributed by atoms with Gasteiger partial charge < -0.3 is 5.10 Å². The summed E-state index contributed by atoms with van der Waals surface area (Å²) in [6, 6.07) is 4.15. The van der Waals surface area contributed by atoms with Gasteiger partial charge in [-0.25, -0.2) is 9.97 Å². The quantitative estimate of drug-likeness (QED) is 0.732. The summed E-state index contributed by atoms with van der Waals surface area (Å²) in [5, 5.41) is 4.39. The summed E-state index contributed by atoms with van der Waals surface area (Å²) in [4.78, 5) is 8.77. The lowest BCUT2D eigenvalue weighted by Crippen LogP contribution is -2.26. The van der Waals surface area contributed by atoms with E-state index in [1.165, 1.54) is 0 Å². The molecular formula is C13H16N4. The molecule has 17 heavy (non-hydrogen) atoms. The molecule has 0 amide bonds. The van der Waals surface area contributed by atoms with Crippen LogP contribution in [0.2, 0.25) is 0 Å². The van der Waals surface area contributed by atoms with E-state index in [-0.39, 0.29) is 5.54 Å². The third-order valence-electron chi connectivity index (χ3n) is 3.53. The number of nitrogens with one attached hydrogen (secondary N) is 1. The normalized spacial score (nSPS) is 12.6. The maximum absolute atomic E-state index is 4.54. The lowest BCUT2D eigenvalue weighted by Gasteiger charge is -2.25. The van der Waals surface area contributed by atoms with Gasteiger partial charge in [0, 0.05) is 17.8 Å². The molecule has 0 aliphatic rings. The van der Waals surface area contributed by atoms with Crippen LogP contribution in [-0.2, 0) is 5.54 Å². The van der Waals surface area contributed by atoms with Crippen molar-refractivity contribution in [3.05, 3.63) is 24.5 Å². The Morgan fingerprint density at radius 3 is 3.00 bits per heavy atom. The number of hydrogen-bond donors (Lipinski definition) is 1. The number of rotatable bonds is 2. The van der Waals surface area contributed by atoms with Crippen molar-refractivity contribution in [1.29, 1.82) is 0 Å². The Bertz CT molecular complexity index is 675. The van der Waals surface area contributed by atoms with Crippen LogP contribution >= 0.6 is 0 Å². The van der Waals surface area contributed by atoms with Crippen molar-refractivity contribution in [2.24, 2.45) is 0 Å². The Balaban J connectivity index is 2.33. The van der Waals surface area contributed by atoms with Gasteiger partial charge in [0.1, 0.15) is 5.52 Å². The summed E-state index contributed by atoms with van der Waals surface area (Å²) in [5.41, 5.74) is 2.99. The number of fused-ring (bicyclic) bond motifs is 2. The number of H-pyrrole nitrogens is 1. The Morgan fingerprint density at radius 1 is 1.41 bits per heavy atom. The number of aromatic nitrogens is 4. The number of nitrogens with zero attached hydrogens (tertiary/aromatic N) is 3. The Morgan fingerprint density at radius 2 is 2.24 bits per heavy atom. The van der Waals surface area contributed by atoms with Gasteiger partial charge in [-0.05, 0) is 32.4 Å². The molecule has 1 N–H and O–H groups in total. The van der Waals surface area contributed by atoms with E-state index in [0.717, 1.165) is 28.5 Å². The summed E-state index contributed by atoms with van der Waals surface area (Å²) >= 11 is 0. The average molecular weight is 228 g/mol. The molecule has 0 aromatic carbocycles. The van der Waals surface area contributed by atoms with Gasteiger partial charge in [-0.3, -0.25) is 4.68 Å². The van der Waals surface area contributed by atoms with Crippen LogP contribution in [0.25, 0.3) is 22.1 Å². The molecule has 0 saturated heterocycles. The minimum Gasteiger partial charge on any atom is -0.303 e. The number of aromatic amines is 1. The Labute approximate surface area is 99.7 Å². The molecule has 0 fully saturated rings. The van der Waals surface area contributed by atoms with Crippen molar-refractivity contribution in [2.45, 2.75) is 32.7 Å². The zero-order chi connectivity index (χ0) is 12.0. The number of pyridine rings is 1. The molecule has 3 rings (SSSR count). The third kappa shape index (κ3) is 1.44. The fraction of sp³-hybridized carbons (Fsp3) is 0.385. The molecule has 4 nitrogen and oxygen atoms in total. The van der Waals surface area contributed by atoms with E-state index < -0.39 is 0 Å². The van der Waals surface area contributed by atoms with E-state index in [2.05, 4.69) is 46.6 Å². The number of hydrogen-bond acceptors (Lipinski definition) is 2. The van der Waals surface area contributed by atoms with E-state index in [1.54, 1.807) is 6.20 Å². The van der Waals surface area contributed by atoms with E-state index >= 15 is 0 Å². The second kappa shape index (κ2) is 3.32. The van der Waals surface area contributed by atoms with E-state index in [9.17, 15) is 0 Å². The summed E-state index contributed by atoms with van der Waals surface area (Å²) in [7, 11) is 0. The summed E-state index contributed by atoms with van der Waals surface area (Å²) in [5.74, 6) is 0. The summed E-state index contributed by atoms with van der Waals surface area (Å²) in [6.45, 7) is 6.63. The molecule has 0 spiro atoms. The largest absolute Gasteiger partial charge is 0.303 e. The predicted octanol–water partition coefficient (Wildman–Crippen LogP) is 3.06. The molecule has 0 aliphatic heterocycles. The van der Waals surface area contributed by atoms with Crippen LogP contribution in [0.5, 0.6) is 0 Å². The van der Waals surface area contributed by atoms with Crippen LogP contribution in [0.15, 0.2) is 24.5 Å². The zero-order valence-corrected chi connectivity index (χ0v) is 10.4. The van der Waals surface area contributed by atoms with Gasteiger partial charge in [0.05, 0.1) is 11.1 Å². The molecular weight excluding hydrogens is 212 g/mol. The van der Waals surface area contributed by atoms with Gasteiger partial charge in [0.15, 0.2) is 5.65 Å². The van der Waals surface area contributed by atoms with E-state index in [4.69, 9.17) is 0 Å². The summed E-state index contributed by atoms with van der Waals surface area (Å²) in [6.07, 6.45) is 4.81. The molecule has 3 heterocycles. The Kier molecular flexibility index (Phi) is 2.02. The van der Waals surface area contributed by atoms with Crippen molar-refractivity contribution in [2.75, 3.05) is 0 Å². The van der Waals surface area contributed by atoms with Crippen LogP contribution < -0.4 is 0 Å². The van der Waals surface area contributed by atoms with Gasteiger partial charge in [-0.2, -0.15) is 0 Å². The van der Waals surface area contributed by atoms with Crippen molar-refractivity contribution < 1.29 is 0 Å². The highest BCUT2D eigenvalue weighted by molar-refractivity contribution is 5.89. The maximum Gasteiger partial charge on any atom is 0.160 e. The molecule has 4 heteroatoms. The van der Waals surface area contributed by atoms with Crippen molar-refractivity contribution in [3.63, 3.8) is 0 Å². The van der Waals surface area contributed by atoms with E-state index in [0.29, 0.717) is 0 Å². The van der Waals surface area contributed by atoms with Crippen LogP contribution in [0.1, 0.15) is 27.2 Å².